The smallest absolute Gasteiger partial charge is 0.338 e. The van der Waals surface area contributed by atoms with Crippen LogP contribution in [0.2, 0.25) is 0 Å². The number of alkyl halides is 3. The second-order valence-electron chi connectivity index (χ2n) is 10.6. The molecule has 1 aliphatic heterocycles. The number of amides is 1. The molecular formula is C30H30F3N3O2. The lowest BCUT2D eigenvalue weighted by molar-refractivity contribution is -0.138. The Morgan fingerprint density at radius 2 is 1.89 bits per heavy atom. The molecule has 5 rings (SSSR count). The zero-order chi connectivity index (χ0) is 27.1. The van der Waals surface area contributed by atoms with Gasteiger partial charge in [0.1, 0.15) is 5.82 Å². The second-order valence-corrected chi connectivity index (χ2v) is 10.6. The number of benzene rings is 2. The van der Waals surface area contributed by atoms with Gasteiger partial charge in [-0.15, -0.1) is 0 Å². The second kappa shape index (κ2) is 9.89. The van der Waals surface area contributed by atoms with E-state index in [4.69, 9.17) is 4.98 Å². The summed E-state index contributed by atoms with van der Waals surface area (Å²) >= 11 is 0. The third kappa shape index (κ3) is 5.30. The zero-order valence-corrected chi connectivity index (χ0v) is 21.5. The average molecular weight is 522 g/mol. The van der Waals surface area contributed by atoms with Gasteiger partial charge in [0.05, 0.1) is 35.2 Å². The van der Waals surface area contributed by atoms with Gasteiger partial charge < -0.3 is 9.88 Å². The molecule has 0 unspecified atom stereocenters. The molecule has 0 atom stereocenters. The minimum absolute atomic E-state index is 0.0960. The first-order valence-electron chi connectivity index (χ1n) is 12.9. The standard InChI is InChI=1S/C30H30F3N3O2/c1-19(2)14-20-6-3-8-22(15-20)29(11-12-29)28-34-25-10-5-13-36(18-24(25)27(38)35-28)26(37)17-21-7-4-9-23(16-21)30(31,32)33/h3-4,6-9,14-16H,5,10-13,17-18H2,1-2H3,(H,34,35,38). The first-order chi connectivity index (χ1) is 18.0. The van der Waals surface area contributed by atoms with Crippen LogP contribution in [0.25, 0.3) is 6.08 Å². The minimum Gasteiger partial charge on any atom is -0.338 e. The Balaban J connectivity index is 1.38. The molecule has 2 aromatic carbocycles. The van der Waals surface area contributed by atoms with Gasteiger partial charge >= 0.3 is 6.18 Å². The van der Waals surface area contributed by atoms with E-state index < -0.39 is 11.7 Å². The van der Waals surface area contributed by atoms with Crippen molar-refractivity contribution in [1.82, 2.24) is 14.9 Å². The van der Waals surface area contributed by atoms with Gasteiger partial charge in [0, 0.05) is 6.54 Å². The van der Waals surface area contributed by atoms with E-state index in [1.807, 2.05) is 6.07 Å². The Bertz CT molecular complexity index is 1460. The van der Waals surface area contributed by atoms with Crippen LogP contribution in [0.1, 0.15) is 72.4 Å². The highest BCUT2D eigenvalue weighted by Crippen LogP contribution is 2.52. The summed E-state index contributed by atoms with van der Waals surface area (Å²) in [5, 5.41) is 0. The molecule has 0 bridgehead atoms. The molecule has 0 spiro atoms. The van der Waals surface area contributed by atoms with E-state index in [2.05, 4.69) is 43.1 Å². The van der Waals surface area contributed by atoms with Crippen molar-refractivity contribution in [2.75, 3.05) is 6.54 Å². The van der Waals surface area contributed by atoms with Gasteiger partial charge in [-0.05, 0) is 62.3 Å². The number of aromatic nitrogens is 2. The average Bonchev–Trinajstić information content (AvgIpc) is 3.68. The first kappa shape index (κ1) is 25.9. The molecule has 198 valence electrons. The number of rotatable bonds is 5. The molecule has 1 aromatic heterocycles. The molecule has 3 aromatic rings. The van der Waals surface area contributed by atoms with E-state index in [1.54, 1.807) is 4.90 Å². The number of H-pyrrole nitrogens is 1. The first-order valence-corrected chi connectivity index (χ1v) is 12.9. The molecule has 1 saturated carbocycles. The monoisotopic (exact) mass is 521 g/mol. The van der Waals surface area contributed by atoms with Crippen LogP contribution in [-0.4, -0.2) is 27.3 Å². The predicted molar refractivity (Wildman–Crippen MR) is 140 cm³/mol. The van der Waals surface area contributed by atoms with Crippen molar-refractivity contribution >= 4 is 12.0 Å². The Morgan fingerprint density at radius 1 is 1.13 bits per heavy atom. The number of nitrogens with zero attached hydrogens (tertiary/aromatic N) is 2. The molecule has 1 amide bonds. The number of aryl methyl sites for hydroxylation is 1. The zero-order valence-electron chi connectivity index (χ0n) is 21.5. The third-order valence-corrected chi connectivity index (χ3v) is 7.35. The molecule has 1 aliphatic carbocycles. The maximum absolute atomic E-state index is 13.3. The quantitative estimate of drug-likeness (QED) is 0.461. The molecule has 8 heteroatoms. The van der Waals surface area contributed by atoms with Crippen LogP contribution < -0.4 is 5.56 Å². The number of aromatic amines is 1. The number of hydrogen-bond donors (Lipinski definition) is 1. The van der Waals surface area contributed by atoms with Crippen LogP contribution in [0.5, 0.6) is 0 Å². The summed E-state index contributed by atoms with van der Waals surface area (Å²) in [4.78, 5) is 35.8. The lowest BCUT2D eigenvalue weighted by Crippen LogP contribution is -2.34. The van der Waals surface area contributed by atoms with Crippen LogP contribution in [0.15, 0.2) is 58.9 Å². The van der Waals surface area contributed by atoms with Gasteiger partial charge in [-0.2, -0.15) is 13.2 Å². The highest BCUT2D eigenvalue weighted by molar-refractivity contribution is 5.79. The molecule has 1 fully saturated rings. The summed E-state index contributed by atoms with van der Waals surface area (Å²) in [7, 11) is 0. The Hall–Kier alpha value is -3.68. The van der Waals surface area contributed by atoms with Crippen LogP contribution in [0, 0.1) is 0 Å². The molecule has 2 heterocycles. The van der Waals surface area contributed by atoms with Crippen LogP contribution in [0.3, 0.4) is 0 Å². The Morgan fingerprint density at radius 3 is 2.61 bits per heavy atom. The van der Waals surface area contributed by atoms with Crippen molar-refractivity contribution in [3.05, 3.63) is 104 Å². The summed E-state index contributed by atoms with van der Waals surface area (Å²) < 4.78 is 39.2. The van der Waals surface area contributed by atoms with Gasteiger partial charge in [-0.1, -0.05) is 54.1 Å². The summed E-state index contributed by atoms with van der Waals surface area (Å²) in [6.45, 7) is 4.62. The molecule has 0 saturated heterocycles. The predicted octanol–water partition coefficient (Wildman–Crippen LogP) is 5.81. The molecule has 38 heavy (non-hydrogen) atoms. The van der Waals surface area contributed by atoms with Crippen LogP contribution >= 0.6 is 0 Å². The number of halogens is 3. The van der Waals surface area contributed by atoms with Crippen LogP contribution in [-0.2, 0) is 35.8 Å². The summed E-state index contributed by atoms with van der Waals surface area (Å²) in [5.41, 5.74) is 3.54. The van der Waals surface area contributed by atoms with Crippen molar-refractivity contribution in [2.45, 2.75) is 64.1 Å². The summed E-state index contributed by atoms with van der Waals surface area (Å²) in [5.74, 6) is 0.356. The lowest BCUT2D eigenvalue weighted by atomic mass is 9.92. The maximum atomic E-state index is 13.3. The van der Waals surface area contributed by atoms with Crippen molar-refractivity contribution in [2.24, 2.45) is 0 Å². The minimum atomic E-state index is -4.47. The number of fused-ring (bicyclic) bond motifs is 1. The number of carbonyl (C=O) groups is 1. The maximum Gasteiger partial charge on any atom is 0.416 e. The number of carbonyl (C=O) groups excluding carboxylic acids is 1. The van der Waals surface area contributed by atoms with E-state index in [9.17, 15) is 22.8 Å². The van der Waals surface area contributed by atoms with E-state index in [0.29, 0.717) is 42.0 Å². The molecule has 5 nitrogen and oxygen atoms in total. The highest BCUT2D eigenvalue weighted by Gasteiger charge is 2.48. The lowest BCUT2D eigenvalue weighted by Gasteiger charge is -2.21. The number of allylic oxidation sites excluding steroid dienone is 1. The fraction of sp³-hybridized carbons (Fsp3) is 0.367. The molecular weight excluding hydrogens is 491 g/mol. The van der Waals surface area contributed by atoms with Crippen LogP contribution in [0.4, 0.5) is 13.2 Å². The topological polar surface area (TPSA) is 66.1 Å². The largest absolute Gasteiger partial charge is 0.416 e. The van der Waals surface area contributed by atoms with Crippen molar-refractivity contribution in [3.63, 3.8) is 0 Å². The third-order valence-electron chi connectivity index (χ3n) is 7.35. The molecule has 1 N–H and O–H groups in total. The normalized spacial score (nSPS) is 16.4. The van der Waals surface area contributed by atoms with Gasteiger partial charge in [-0.25, -0.2) is 4.98 Å². The SMILES string of the molecule is CC(C)=Cc1cccc(C2(c3nc4c(c(=O)[nH]3)CN(C(=O)Cc3cccc(C(F)(F)F)c3)CCC4)CC2)c1. The van der Waals surface area contributed by atoms with Crippen molar-refractivity contribution in [3.8, 4) is 0 Å². The fourth-order valence-corrected chi connectivity index (χ4v) is 5.25. The number of nitrogens with one attached hydrogen (secondary N) is 1. The highest BCUT2D eigenvalue weighted by atomic mass is 19.4. The van der Waals surface area contributed by atoms with Gasteiger partial charge in [0.15, 0.2) is 0 Å². The van der Waals surface area contributed by atoms with Crippen molar-refractivity contribution < 1.29 is 18.0 Å². The molecule has 2 aliphatic rings. The van der Waals surface area contributed by atoms with Crippen molar-refractivity contribution in [1.29, 1.82) is 0 Å². The van der Waals surface area contributed by atoms with E-state index in [-0.39, 0.29) is 29.8 Å². The Kier molecular flexibility index (Phi) is 6.75. The van der Waals surface area contributed by atoms with Gasteiger partial charge in [0.2, 0.25) is 5.91 Å². The summed E-state index contributed by atoms with van der Waals surface area (Å²) in [6, 6.07) is 13.1. The summed E-state index contributed by atoms with van der Waals surface area (Å²) in [6.07, 6.45) is 0.478. The molecule has 0 radical (unpaired) electrons. The number of hydrogen-bond acceptors (Lipinski definition) is 3. The Labute approximate surface area is 219 Å². The fourth-order valence-electron chi connectivity index (χ4n) is 5.25. The van der Waals surface area contributed by atoms with E-state index in [1.165, 1.54) is 17.7 Å². The van der Waals surface area contributed by atoms with Gasteiger partial charge in [-0.3, -0.25) is 9.59 Å². The van der Waals surface area contributed by atoms with E-state index in [0.717, 1.165) is 36.1 Å². The van der Waals surface area contributed by atoms with E-state index >= 15 is 0 Å². The van der Waals surface area contributed by atoms with Gasteiger partial charge in [0.25, 0.3) is 5.56 Å².